The molecule has 0 heterocycles. The van der Waals surface area contributed by atoms with Crippen molar-refractivity contribution < 1.29 is 13.2 Å². The van der Waals surface area contributed by atoms with Gasteiger partial charge in [0.05, 0.1) is 9.79 Å². The van der Waals surface area contributed by atoms with Crippen LogP contribution in [0.5, 0.6) is 0 Å². The van der Waals surface area contributed by atoms with Crippen molar-refractivity contribution in [2.24, 2.45) is 0 Å². The van der Waals surface area contributed by atoms with Crippen LogP contribution in [-0.2, 0) is 9.84 Å². The third-order valence-corrected chi connectivity index (χ3v) is 4.88. The van der Waals surface area contributed by atoms with Crippen molar-refractivity contribution in [1.29, 1.82) is 0 Å². The van der Waals surface area contributed by atoms with Gasteiger partial charge < -0.3 is 5.32 Å². The smallest absolute Gasteiger partial charge is 0.251 e. The van der Waals surface area contributed by atoms with Crippen LogP contribution in [0.4, 0.5) is 0 Å². The molecule has 0 atom stereocenters. The highest BCUT2D eigenvalue weighted by Gasteiger charge is 2.17. The van der Waals surface area contributed by atoms with Crippen molar-refractivity contribution in [3.63, 3.8) is 0 Å². The highest BCUT2D eigenvalue weighted by molar-refractivity contribution is 7.91. The largest absolute Gasteiger partial charge is 0.352 e. The van der Waals surface area contributed by atoms with E-state index in [1.165, 1.54) is 24.3 Å². The fourth-order valence-corrected chi connectivity index (χ4v) is 3.16. The molecule has 110 valence electrons. The van der Waals surface area contributed by atoms with E-state index in [4.69, 9.17) is 0 Å². The number of amides is 1. The highest BCUT2D eigenvalue weighted by atomic mass is 32.2. The number of hydrogen-bond donors (Lipinski definition) is 1. The average Bonchev–Trinajstić information content (AvgIpc) is 2.48. The van der Waals surface area contributed by atoms with Gasteiger partial charge in [-0.25, -0.2) is 8.42 Å². The number of benzene rings is 2. The van der Waals surface area contributed by atoms with Gasteiger partial charge in [0.1, 0.15) is 0 Å². The first-order chi connectivity index (χ1) is 9.95. The molecule has 0 unspecified atom stereocenters. The van der Waals surface area contributed by atoms with E-state index < -0.39 is 9.84 Å². The van der Waals surface area contributed by atoms with E-state index in [2.05, 4.69) is 5.32 Å². The molecule has 4 nitrogen and oxygen atoms in total. The number of aryl methyl sites for hydroxylation is 1. The van der Waals surface area contributed by atoms with Crippen LogP contribution in [0.2, 0.25) is 0 Å². The number of carbonyl (C=O) groups excluding carboxylic acids is 1. The summed E-state index contributed by atoms with van der Waals surface area (Å²) in [5, 5.41) is 2.67. The number of nitrogens with one attached hydrogen (secondary N) is 1. The van der Waals surface area contributed by atoms with E-state index in [9.17, 15) is 13.2 Å². The summed E-state index contributed by atoms with van der Waals surface area (Å²) >= 11 is 0. The predicted octanol–water partition coefficient (Wildman–Crippen LogP) is 2.58. The summed E-state index contributed by atoms with van der Waals surface area (Å²) < 4.78 is 24.9. The minimum atomic E-state index is -3.54. The minimum absolute atomic E-state index is 0.180. The molecule has 2 rings (SSSR count). The van der Waals surface area contributed by atoms with Gasteiger partial charge in [-0.15, -0.1) is 0 Å². The van der Waals surface area contributed by atoms with Crippen LogP contribution in [0.3, 0.4) is 0 Å². The van der Waals surface area contributed by atoms with Gasteiger partial charge in [-0.1, -0.05) is 17.7 Å². The maximum atomic E-state index is 12.5. The van der Waals surface area contributed by atoms with E-state index in [1.807, 2.05) is 13.8 Å². The Kier molecular flexibility index (Phi) is 4.43. The maximum absolute atomic E-state index is 12.5. The summed E-state index contributed by atoms with van der Waals surface area (Å²) in [5.41, 5.74) is 1.44. The van der Waals surface area contributed by atoms with Gasteiger partial charge >= 0.3 is 0 Å². The SMILES string of the molecule is CCNC(=O)c1ccc(S(=O)(=O)c2ccc(C)cc2)cc1. The second-order valence-electron chi connectivity index (χ2n) is 4.70. The quantitative estimate of drug-likeness (QED) is 0.944. The summed E-state index contributed by atoms with van der Waals surface area (Å²) in [4.78, 5) is 12.1. The lowest BCUT2D eigenvalue weighted by Crippen LogP contribution is -2.22. The predicted molar refractivity (Wildman–Crippen MR) is 81.1 cm³/mol. The van der Waals surface area contributed by atoms with Gasteiger partial charge in [0, 0.05) is 12.1 Å². The first-order valence-corrected chi connectivity index (χ1v) is 8.13. The molecular formula is C16H17NO3S. The minimum Gasteiger partial charge on any atom is -0.352 e. The van der Waals surface area contributed by atoms with Gasteiger partial charge in [0.25, 0.3) is 5.91 Å². The van der Waals surface area contributed by atoms with Crippen LogP contribution < -0.4 is 5.32 Å². The zero-order valence-electron chi connectivity index (χ0n) is 12.0. The van der Waals surface area contributed by atoms with Gasteiger partial charge in [-0.3, -0.25) is 4.79 Å². The van der Waals surface area contributed by atoms with Crippen molar-refractivity contribution in [3.05, 3.63) is 59.7 Å². The van der Waals surface area contributed by atoms with E-state index in [-0.39, 0.29) is 15.7 Å². The Morgan fingerprint density at radius 1 is 0.952 bits per heavy atom. The number of sulfone groups is 1. The second kappa shape index (κ2) is 6.10. The van der Waals surface area contributed by atoms with Crippen molar-refractivity contribution in [3.8, 4) is 0 Å². The summed E-state index contributed by atoms with van der Waals surface area (Å²) in [5.74, 6) is -0.211. The lowest BCUT2D eigenvalue weighted by Gasteiger charge is -2.06. The Morgan fingerprint density at radius 3 is 1.90 bits per heavy atom. The van der Waals surface area contributed by atoms with Crippen LogP contribution in [0.1, 0.15) is 22.8 Å². The molecule has 0 bridgehead atoms. The number of rotatable bonds is 4. The Morgan fingerprint density at radius 2 is 1.43 bits per heavy atom. The molecule has 0 radical (unpaired) electrons. The molecule has 0 aliphatic carbocycles. The Balaban J connectivity index is 2.33. The van der Waals surface area contributed by atoms with E-state index in [0.29, 0.717) is 12.1 Å². The molecule has 0 aromatic heterocycles. The third-order valence-electron chi connectivity index (χ3n) is 3.10. The molecule has 21 heavy (non-hydrogen) atoms. The molecule has 0 saturated carbocycles. The molecule has 0 aliphatic rings. The molecule has 0 saturated heterocycles. The maximum Gasteiger partial charge on any atom is 0.251 e. The first-order valence-electron chi connectivity index (χ1n) is 6.65. The van der Waals surface area contributed by atoms with Crippen molar-refractivity contribution in [1.82, 2.24) is 5.32 Å². The molecule has 0 fully saturated rings. The van der Waals surface area contributed by atoms with E-state index >= 15 is 0 Å². The van der Waals surface area contributed by atoms with Crippen molar-refractivity contribution in [2.75, 3.05) is 6.54 Å². The summed E-state index contributed by atoms with van der Waals surface area (Å²) in [6.45, 7) is 4.26. The van der Waals surface area contributed by atoms with Crippen LogP contribution in [0.15, 0.2) is 58.3 Å². The molecule has 2 aromatic carbocycles. The molecule has 1 N–H and O–H groups in total. The lowest BCUT2D eigenvalue weighted by molar-refractivity contribution is 0.0955. The number of carbonyl (C=O) groups is 1. The molecule has 5 heteroatoms. The third kappa shape index (κ3) is 3.31. The first kappa shape index (κ1) is 15.3. The van der Waals surface area contributed by atoms with Crippen molar-refractivity contribution >= 4 is 15.7 Å². The topological polar surface area (TPSA) is 63.2 Å². The lowest BCUT2D eigenvalue weighted by atomic mass is 10.2. The van der Waals surface area contributed by atoms with Crippen molar-refractivity contribution in [2.45, 2.75) is 23.6 Å². The van der Waals surface area contributed by atoms with E-state index in [0.717, 1.165) is 5.56 Å². The zero-order valence-corrected chi connectivity index (χ0v) is 12.8. The van der Waals surface area contributed by atoms with Gasteiger partial charge in [0.2, 0.25) is 9.84 Å². The summed E-state index contributed by atoms with van der Waals surface area (Å²) in [6.07, 6.45) is 0. The highest BCUT2D eigenvalue weighted by Crippen LogP contribution is 2.21. The fraction of sp³-hybridized carbons (Fsp3) is 0.188. The molecule has 2 aromatic rings. The summed E-state index contributed by atoms with van der Waals surface area (Å²) in [6, 6.07) is 12.6. The zero-order chi connectivity index (χ0) is 15.5. The van der Waals surface area contributed by atoms with Crippen LogP contribution in [0.25, 0.3) is 0 Å². The Hall–Kier alpha value is -2.14. The van der Waals surface area contributed by atoms with Gasteiger partial charge in [-0.05, 0) is 50.2 Å². The van der Waals surface area contributed by atoms with Crippen LogP contribution in [0, 0.1) is 6.92 Å². The number of hydrogen-bond acceptors (Lipinski definition) is 3. The van der Waals surface area contributed by atoms with Crippen LogP contribution in [-0.4, -0.2) is 20.9 Å². The van der Waals surface area contributed by atoms with E-state index in [1.54, 1.807) is 24.3 Å². The van der Waals surface area contributed by atoms with Gasteiger partial charge in [-0.2, -0.15) is 0 Å². The molecular weight excluding hydrogens is 286 g/mol. The monoisotopic (exact) mass is 303 g/mol. The van der Waals surface area contributed by atoms with Gasteiger partial charge in [0.15, 0.2) is 0 Å². The molecule has 1 amide bonds. The summed E-state index contributed by atoms with van der Waals surface area (Å²) in [7, 11) is -3.54. The fourth-order valence-electron chi connectivity index (χ4n) is 1.90. The normalized spacial score (nSPS) is 11.1. The second-order valence-corrected chi connectivity index (χ2v) is 6.65. The average molecular weight is 303 g/mol. The Labute approximate surface area is 124 Å². The Bertz CT molecular complexity index is 732. The standard InChI is InChI=1S/C16H17NO3S/c1-3-17-16(18)13-6-10-15(11-7-13)21(19,20)14-8-4-12(2)5-9-14/h4-11H,3H2,1-2H3,(H,17,18). The van der Waals surface area contributed by atoms with Crippen LogP contribution >= 0.6 is 0 Å². The molecule has 0 aliphatic heterocycles. The molecule has 0 spiro atoms.